The van der Waals surface area contributed by atoms with Crippen molar-refractivity contribution in [2.24, 2.45) is 0 Å². The highest BCUT2D eigenvalue weighted by Crippen LogP contribution is 2.22. The van der Waals surface area contributed by atoms with Crippen LogP contribution in [0, 0.1) is 0 Å². The maximum atomic E-state index is 11.8. The van der Waals surface area contributed by atoms with Gasteiger partial charge in [-0.15, -0.1) is 11.8 Å². The predicted octanol–water partition coefficient (Wildman–Crippen LogP) is 2.47. The van der Waals surface area contributed by atoms with Crippen molar-refractivity contribution >= 4 is 17.7 Å². The first-order chi connectivity index (χ1) is 9.78. The van der Waals surface area contributed by atoms with Crippen molar-refractivity contribution in [3.63, 3.8) is 0 Å². The van der Waals surface area contributed by atoms with E-state index in [1.54, 1.807) is 7.11 Å². The molecule has 2 rings (SSSR count). The highest BCUT2D eigenvalue weighted by atomic mass is 32.2. The second-order valence-corrected chi connectivity index (χ2v) is 5.81. The first kappa shape index (κ1) is 15.2. The molecule has 1 fully saturated rings. The van der Waals surface area contributed by atoms with Crippen molar-refractivity contribution in [1.29, 1.82) is 0 Å². The van der Waals surface area contributed by atoms with Gasteiger partial charge < -0.3 is 14.8 Å². The number of hydrogen-bond acceptors (Lipinski definition) is 4. The summed E-state index contributed by atoms with van der Waals surface area (Å²) in [6.45, 7) is 1.44. The van der Waals surface area contributed by atoms with Gasteiger partial charge >= 0.3 is 0 Å². The van der Waals surface area contributed by atoms with E-state index < -0.39 is 0 Å². The van der Waals surface area contributed by atoms with Gasteiger partial charge in [0.05, 0.1) is 19.0 Å². The minimum atomic E-state index is 0.0481. The molecule has 0 radical (unpaired) electrons. The summed E-state index contributed by atoms with van der Waals surface area (Å²) in [7, 11) is 1.64. The molecule has 4 nitrogen and oxygen atoms in total. The number of benzene rings is 1. The van der Waals surface area contributed by atoms with Gasteiger partial charge in [0.15, 0.2) is 0 Å². The third-order valence-electron chi connectivity index (χ3n) is 3.21. The molecule has 1 N–H and O–H groups in total. The fraction of sp³-hybridized carbons (Fsp3) is 0.533. The van der Waals surface area contributed by atoms with Crippen molar-refractivity contribution in [2.75, 3.05) is 26.0 Å². The molecule has 1 aliphatic rings. The van der Waals surface area contributed by atoms with Gasteiger partial charge in [0.1, 0.15) is 5.75 Å². The maximum absolute atomic E-state index is 11.8. The van der Waals surface area contributed by atoms with Crippen molar-refractivity contribution < 1.29 is 14.3 Å². The van der Waals surface area contributed by atoms with Gasteiger partial charge in [0.2, 0.25) is 5.91 Å². The first-order valence-electron chi connectivity index (χ1n) is 6.93. The number of carbonyl (C=O) groups is 1. The summed E-state index contributed by atoms with van der Waals surface area (Å²) in [4.78, 5) is 12.8. The van der Waals surface area contributed by atoms with Gasteiger partial charge in [-0.1, -0.05) is 6.07 Å². The fourth-order valence-electron chi connectivity index (χ4n) is 2.09. The Labute approximate surface area is 124 Å². The summed E-state index contributed by atoms with van der Waals surface area (Å²) in [5.74, 6) is 1.28. The monoisotopic (exact) mass is 295 g/mol. The van der Waals surface area contributed by atoms with Crippen LogP contribution in [-0.4, -0.2) is 38.0 Å². The maximum Gasteiger partial charge on any atom is 0.230 e. The highest BCUT2D eigenvalue weighted by molar-refractivity contribution is 8.00. The number of carbonyl (C=O) groups excluding carboxylic acids is 1. The Morgan fingerprint density at radius 3 is 3.15 bits per heavy atom. The van der Waals surface area contributed by atoms with Crippen LogP contribution in [-0.2, 0) is 9.53 Å². The molecule has 1 aliphatic heterocycles. The number of amides is 1. The average molecular weight is 295 g/mol. The van der Waals surface area contributed by atoms with Crippen molar-refractivity contribution in [1.82, 2.24) is 5.32 Å². The van der Waals surface area contributed by atoms with Crippen molar-refractivity contribution in [3.8, 4) is 5.75 Å². The summed E-state index contributed by atoms with van der Waals surface area (Å²) in [6.07, 6.45) is 3.56. The second-order valence-electron chi connectivity index (χ2n) is 4.76. The van der Waals surface area contributed by atoms with E-state index in [-0.39, 0.29) is 12.0 Å². The van der Waals surface area contributed by atoms with Gasteiger partial charge in [-0.3, -0.25) is 4.79 Å². The highest BCUT2D eigenvalue weighted by Gasteiger charge is 2.14. The largest absolute Gasteiger partial charge is 0.497 e. The van der Waals surface area contributed by atoms with E-state index in [2.05, 4.69) is 5.32 Å². The molecule has 1 heterocycles. The molecule has 110 valence electrons. The zero-order valence-electron chi connectivity index (χ0n) is 11.8. The zero-order chi connectivity index (χ0) is 14.2. The van der Waals surface area contributed by atoms with Crippen LogP contribution in [0.3, 0.4) is 0 Å². The smallest absolute Gasteiger partial charge is 0.230 e. The molecule has 0 saturated carbocycles. The van der Waals surface area contributed by atoms with Crippen molar-refractivity contribution in [3.05, 3.63) is 24.3 Å². The lowest BCUT2D eigenvalue weighted by Gasteiger charge is -2.22. The van der Waals surface area contributed by atoms with Crippen LogP contribution in [0.25, 0.3) is 0 Å². The predicted molar refractivity (Wildman–Crippen MR) is 80.3 cm³/mol. The number of thioether (sulfide) groups is 1. The number of methoxy groups -OCH3 is 1. The Balaban J connectivity index is 1.68. The van der Waals surface area contributed by atoms with Crippen LogP contribution in [0.2, 0.25) is 0 Å². The lowest BCUT2D eigenvalue weighted by molar-refractivity contribution is -0.119. The molecule has 1 aromatic carbocycles. The number of rotatable bonds is 6. The SMILES string of the molecule is COc1cccc(SCC(=O)NCC2CCCCO2)c1. The van der Waals surface area contributed by atoms with Crippen LogP contribution in [0.5, 0.6) is 5.75 Å². The second kappa shape index (κ2) is 8.17. The Morgan fingerprint density at radius 2 is 2.40 bits per heavy atom. The Hall–Kier alpha value is -1.20. The van der Waals surface area contributed by atoms with Crippen LogP contribution in [0.1, 0.15) is 19.3 Å². The Bertz CT molecular complexity index is 433. The summed E-state index contributed by atoms with van der Waals surface area (Å²) >= 11 is 1.51. The van der Waals surface area contributed by atoms with Gasteiger partial charge in [-0.2, -0.15) is 0 Å². The normalized spacial score (nSPS) is 18.6. The molecule has 5 heteroatoms. The van der Waals surface area contributed by atoms with E-state index in [0.717, 1.165) is 30.1 Å². The topological polar surface area (TPSA) is 47.6 Å². The summed E-state index contributed by atoms with van der Waals surface area (Å²) in [5.41, 5.74) is 0. The lowest BCUT2D eigenvalue weighted by Crippen LogP contribution is -2.36. The van der Waals surface area contributed by atoms with Crippen LogP contribution in [0.4, 0.5) is 0 Å². The summed E-state index contributed by atoms with van der Waals surface area (Å²) in [5, 5.41) is 2.94. The molecular formula is C15H21NO3S. The first-order valence-corrected chi connectivity index (χ1v) is 7.91. The van der Waals surface area contributed by atoms with E-state index in [4.69, 9.17) is 9.47 Å². The lowest BCUT2D eigenvalue weighted by atomic mass is 10.1. The number of hydrogen-bond donors (Lipinski definition) is 1. The van der Waals surface area contributed by atoms with E-state index in [0.29, 0.717) is 12.3 Å². The molecule has 0 spiro atoms. The molecule has 0 bridgehead atoms. The molecule has 0 aliphatic carbocycles. The molecule has 0 aromatic heterocycles. The average Bonchev–Trinajstić information content (AvgIpc) is 2.52. The molecular weight excluding hydrogens is 274 g/mol. The minimum absolute atomic E-state index is 0.0481. The number of ether oxygens (including phenoxy) is 2. The third kappa shape index (κ3) is 5.06. The molecule has 20 heavy (non-hydrogen) atoms. The van der Waals surface area contributed by atoms with Crippen molar-refractivity contribution in [2.45, 2.75) is 30.3 Å². The molecule has 1 atom stereocenters. The van der Waals surface area contributed by atoms with E-state index in [1.807, 2.05) is 24.3 Å². The molecule has 1 aromatic rings. The van der Waals surface area contributed by atoms with Crippen LogP contribution < -0.4 is 10.1 Å². The Kier molecular flexibility index (Phi) is 6.21. The quantitative estimate of drug-likeness (QED) is 0.819. The van der Waals surface area contributed by atoms with Crippen LogP contribution >= 0.6 is 11.8 Å². The zero-order valence-corrected chi connectivity index (χ0v) is 12.6. The van der Waals surface area contributed by atoms with E-state index in [9.17, 15) is 4.79 Å². The number of nitrogens with one attached hydrogen (secondary N) is 1. The van der Waals surface area contributed by atoms with Gasteiger partial charge in [0, 0.05) is 18.0 Å². The standard InChI is InChI=1S/C15H21NO3S/c1-18-12-6-4-7-14(9-12)20-11-15(17)16-10-13-5-2-3-8-19-13/h4,6-7,9,13H,2-3,5,8,10-11H2,1H3,(H,16,17). The van der Waals surface area contributed by atoms with Crippen LogP contribution in [0.15, 0.2) is 29.2 Å². The summed E-state index contributed by atoms with van der Waals surface area (Å²) < 4.78 is 10.7. The fourth-order valence-corrected chi connectivity index (χ4v) is 2.86. The molecule has 1 amide bonds. The third-order valence-corrected chi connectivity index (χ3v) is 4.21. The molecule has 1 saturated heterocycles. The summed E-state index contributed by atoms with van der Waals surface area (Å²) in [6, 6.07) is 7.73. The van der Waals surface area contributed by atoms with Gasteiger partial charge in [-0.05, 0) is 37.5 Å². The van der Waals surface area contributed by atoms with Gasteiger partial charge in [0.25, 0.3) is 0 Å². The molecule has 1 unspecified atom stereocenters. The Morgan fingerprint density at radius 1 is 1.50 bits per heavy atom. The minimum Gasteiger partial charge on any atom is -0.497 e. The van der Waals surface area contributed by atoms with E-state index in [1.165, 1.54) is 18.2 Å². The van der Waals surface area contributed by atoms with Gasteiger partial charge in [-0.25, -0.2) is 0 Å². The van der Waals surface area contributed by atoms with E-state index >= 15 is 0 Å².